The summed E-state index contributed by atoms with van der Waals surface area (Å²) in [4.78, 5) is 22.2. The number of carbonyl (C=O) groups is 1. The molecule has 9 nitrogen and oxygen atoms in total. The second-order valence-electron chi connectivity index (χ2n) is 6.58. The summed E-state index contributed by atoms with van der Waals surface area (Å²) in [6.45, 7) is 0. The number of rotatable bonds is 7. The predicted molar refractivity (Wildman–Crippen MR) is 126 cm³/mol. The van der Waals surface area contributed by atoms with Gasteiger partial charge in [0.2, 0.25) is 0 Å². The molecule has 0 fully saturated rings. The van der Waals surface area contributed by atoms with Gasteiger partial charge in [-0.3, -0.25) is 14.9 Å². The van der Waals surface area contributed by atoms with Crippen molar-refractivity contribution >= 4 is 56.7 Å². The third-order valence-electron chi connectivity index (χ3n) is 4.25. The highest BCUT2D eigenvalue weighted by Crippen LogP contribution is 2.28. The predicted octanol–water partition coefficient (Wildman–Crippen LogP) is 5.21. The van der Waals surface area contributed by atoms with Crippen molar-refractivity contribution in [2.24, 2.45) is 0 Å². The Kier molecular flexibility index (Phi) is 7.53. The van der Waals surface area contributed by atoms with Gasteiger partial charge in [0.1, 0.15) is 17.4 Å². The summed E-state index contributed by atoms with van der Waals surface area (Å²) in [7, 11) is -4.54. The SMILES string of the molecule is N#C/C(=C\c1cccc(OS(=O)(=O)c2ccccc2[N+](=O)[O-])c1)C(=O)Nc1cc(Cl)ccc1Cl. The number of hydrogen-bond donors (Lipinski definition) is 1. The number of benzene rings is 3. The molecule has 3 aromatic rings. The van der Waals surface area contributed by atoms with Crippen molar-refractivity contribution in [1.82, 2.24) is 0 Å². The number of nitro benzene ring substituents is 1. The summed E-state index contributed by atoms with van der Waals surface area (Å²) in [6.07, 6.45) is 1.21. The Morgan fingerprint density at radius 3 is 2.53 bits per heavy atom. The normalized spacial score (nSPS) is 11.4. The van der Waals surface area contributed by atoms with Gasteiger partial charge in [0.25, 0.3) is 11.6 Å². The van der Waals surface area contributed by atoms with Crippen LogP contribution >= 0.6 is 23.2 Å². The average Bonchev–Trinajstić information content (AvgIpc) is 2.79. The molecule has 0 aliphatic heterocycles. The third-order valence-corrected chi connectivity index (χ3v) is 6.11. The smallest absolute Gasteiger partial charge is 0.346 e. The molecule has 3 aromatic carbocycles. The molecule has 0 saturated heterocycles. The number of nitro groups is 1. The van der Waals surface area contributed by atoms with Crippen molar-refractivity contribution in [3.63, 3.8) is 0 Å². The van der Waals surface area contributed by atoms with Crippen LogP contribution in [0.5, 0.6) is 5.75 Å². The highest BCUT2D eigenvalue weighted by atomic mass is 35.5. The van der Waals surface area contributed by atoms with Crippen molar-refractivity contribution in [3.8, 4) is 11.8 Å². The Labute approximate surface area is 204 Å². The van der Waals surface area contributed by atoms with Crippen LogP contribution in [0.2, 0.25) is 10.0 Å². The van der Waals surface area contributed by atoms with E-state index in [9.17, 15) is 28.6 Å². The van der Waals surface area contributed by atoms with Crippen molar-refractivity contribution in [2.75, 3.05) is 5.32 Å². The van der Waals surface area contributed by atoms with E-state index >= 15 is 0 Å². The molecule has 0 aliphatic rings. The van der Waals surface area contributed by atoms with Gasteiger partial charge in [-0.15, -0.1) is 0 Å². The minimum Gasteiger partial charge on any atom is -0.379 e. The molecule has 0 bridgehead atoms. The largest absolute Gasteiger partial charge is 0.379 e. The maximum Gasteiger partial charge on any atom is 0.346 e. The minimum absolute atomic E-state index is 0.178. The molecule has 172 valence electrons. The van der Waals surface area contributed by atoms with Gasteiger partial charge in [0.05, 0.1) is 15.6 Å². The Balaban J connectivity index is 1.87. The average molecular weight is 518 g/mol. The Morgan fingerprint density at radius 2 is 1.82 bits per heavy atom. The molecule has 0 radical (unpaired) electrons. The number of halogens is 2. The van der Waals surface area contributed by atoms with Crippen molar-refractivity contribution < 1.29 is 22.3 Å². The number of nitrogens with one attached hydrogen (secondary N) is 1. The molecule has 0 spiro atoms. The highest BCUT2D eigenvalue weighted by Gasteiger charge is 2.27. The topological polar surface area (TPSA) is 139 Å². The third kappa shape index (κ3) is 5.90. The van der Waals surface area contributed by atoms with Crippen LogP contribution in [-0.4, -0.2) is 19.2 Å². The molecule has 34 heavy (non-hydrogen) atoms. The summed E-state index contributed by atoms with van der Waals surface area (Å²) in [5.41, 5.74) is -0.483. The van der Waals surface area contributed by atoms with E-state index in [0.29, 0.717) is 5.02 Å². The monoisotopic (exact) mass is 517 g/mol. The van der Waals surface area contributed by atoms with E-state index in [1.54, 1.807) is 6.07 Å². The van der Waals surface area contributed by atoms with E-state index in [4.69, 9.17) is 27.4 Å². The maximum atomic E-state index is 12.6. The lowest BCUT2D eigenvalue weighted by molar-refractivity contribution is -0.387. The summed E-state index contributed by atoms with van der Waals surface area (Å²) in [5.74, 6) is -0.951. The molecule has 0 aliphatic carbocycles. The van der Waals surface area contributed by atoms with Gasteiger partial charge in [-0.1, -0.05) is 47.5 Å². The van der Waals surface area contributed by atoms with E-state index in [0.717, 1.165) is 12.1 Å². The first-order chi connectivity index (χ1) is 16.1. The molecule has 3 rings (SSSR count). The number of para-hydroxylation sites is 1. The zero-order valence-corrected chi connectivity index (χ0v) is 19.3. The number of hydrogen-bond acceptors (Lipinski definition) is 7. The Hall–Kier alpha value is -3.91. The summed E-state index contributed by atoms with van der Waals surface area (Å²) < 4.78 is 30.3. The van der Waals surface area contributed by atoms with E-state index in [1.165, 1.54) is 60.7 Å². The molecule has 0 atom stereocenters. The Bertz CT molecular complexity index is 1470. The fourth-order valence-corrected chi connectivity index (χ4v) is 4.17. The second-order valence-corrected chi connectivity index (χ2v) is 8.94. The zero-order chi connectivity index (χ0) is 24.9. The van der Waals surface area contributed by atoms with Crippen LogP contribution in [0.15, 0.2) is 77.2 Å². The first-order valence-electron chi connectivity index (χ1n) is 9.27. The fraction of sp³-hybridized carbons (Fsp3) is 0. The van der Waals surface area contributed by atoms with Gasteiger partial charge >= 0.3 is 10.1 Å². The van der Waals surface area contributed by atoms with Crippen LogP contribution in [0.1, 0.15) is 5.56 Å². The van der Waals surface area contributed by atoms with Gasteiger partial charge in [0.15, 0.2) is 4.90 Å². The van der Waals surface area contributed by atoms with Crippen LogP contribution in [0, 0.1) is 21.4 Å². The summed E-state index contributed by atoms with van der Waals surface area (Å²) in [6, 6.07) is 16.4. The van der Waals surface area contributed by atoms with Crippen LogP contribution in [0.25, 0.3) is 6.08 Å². The second kappa shape index (κ2) is 10.4. The van der Waals surface area contributed by atoms with Crippen LogP contribution < -0.4 is 9.50 Å². The Morgan fingerprint density at radius 1 is 1.09 bits per heavy atom. The lowest BCUT2D eigenvalue weighted by Gasteiger charge is -2.09. The lowest BCUT2D eigenvalue weighted by Crippen LogP contribution is -2.14. The molecule has 1 amide bonds. The van der Waals surface area contributed by atoms with Crippen molar-refractivity contribution in [3.05, 3.63) is 98.0 Å². The van der Waals surface area contributed by atoms with Crippen LogP contribution in [-0.2, 0) is 14.9 Å². The lowest BCUT2D eigenvalue weighted by atomic mass is 10.1. The molecule has 0 heterocycles. The van der Waals surface area contributed by atoms with E-state index < -0.39 is 31.5 Å². The minimum atomic E-state index is -4.54. The molecule has 0 unspecified atom stereocenters. The number of nitrogens with zero attached hydrogens (tertiary/aromatic N) is 2. The molecular formula is C22H13Cl2N3O6S. The quantitative estimate of drug-likeness (QED) is 0.149. The summed E-state index contributed by atoms with van der Waals surface area (Å²) >= 11 is 11.9. The summed E-state index contributed by atoms with van der Waals surface area (Å²) in [5, 5.41) is 23.6. The van der Waals surface area contributed by atoms with Gasteiger partial charge in [-0.2, -0.15) is 13.7 Å². The first kappa shape index (κ1) is 24.7. The van der Waals surface area contributed by atoms with E-state index in [1.807, 2.05) is 0 Å². The van der Waals surface area contributed by atoms with Crippen molar-refractivity contribution in [2.45, 2.75) is 4.90 Å². The maximum absolute atomic E-state index is 12.6. The molecule has 0 aromatic heterocycles. The van der Waals surface area contributed by atoms with E-state index in [-0.39, 0.29) is 27.6 Å². The van der Waals surface area contributed by atoms with Crippen LogP contribution in [0.3, 0.4) is 0 Å². The molecule has 12 heteroatoms. The highest BCUT2D eigenvalue weighted by molar-refractivity contribution is 7.87. The van der Waals surface area contributed by atoms with Gasteiger partial charge in [0, 0.05) is 11.1 Å². The number of carbonyl (C=O) groups excluding carboxylic acids is 1. The zero-order valence-electron chi connectivity index (χ0n) is 16.9. The first-order valence-corrected chi connectivity index (χ1v) is 11.4. The molecule has 1 N–H and O–H groups in total. The van der Waals surface area contributed by atoms with Gasteiger partial charge in [-0.25, -0.2) is 0 Å². The molecular weight excluding hydrogens is 505 g/mol. The number of nitriles is 1. The number of anilines is 1. The van der Waals surface area contributed by atoms with Crippen LogP contribution in [0.4, 0.5) is 11.4 Å². The molecule has 0 saturated carbocycles. The van der Waals surface area contributed by atoms with Crippen molar-refractivity contribution in [1.29, 1.82) is 5.26 Å². The van der Waals surface area contributed by atoms with E-state index in [2.05, 4.69) is 5.32 Å². The standard InChI is InChI=1S/C22H13Cl2N3O6S/c23-16-8-9-18(24)19(12-16)26-22(28)15(13-25)10-14-4-3-5-17(11-14)33-34(31,32)21-7-2-1-6-20(21)27(29)30/h1-12H,(H,26,28)/b15-10+. The number of amides is 1. The fourth-order valence-electron chi connectivity index (χ4n) is 2.75. The van der Waals surface area contributed by atoms with Gasteiger partial charge < -0.3 is 9.50 Å². The van der Waals surface area contributed by atoms with Gasteiger partial charge in [-0.05, 0) is 48.0 Å².